The number of benzene rings is 3. The van der Waals surface area contributed by atoms with E-state index in [1.54, 1.807) is 42.5 Å². The van der Waals surface area contributed by atoms with Crippen molar-refractivity contribution in [1.29, 1.82) is 0 Å². The topological polar surface area (TPSA) is 77.8 Å². The van der Waals surface area contributed by atoms with Crippen LogP contribution in [0.15, 0.2) is 77.2 Å². The Hall–Kier alpha value is -4.32. The maximum Gasteiger partial charge on any atom is 0.248 e. The van der Waals surface area contributed by atoms with Gasteiger partial charge in [0.15, 0.2) is 5.76 Å². The number of amides is 1. The zero-order valence-corrected chi connectivity index (χ0v) is 18.5. The number of carbonyl (C=O) groups excluding carboxylic acids is 2. The molecule has 3 aromatic carbocycles. The van der Waals surface area contributed by atoms with Crippen LogP contribution >= 0.6 is 0 Å². The van der Waals surface area contributed by atoms with Gasteiger partial charge in [-0.1, -0.05) is 30.3 Å². The quantitative estimate of drug-likeness (QED) is 0.297. The van der Waals surface area contributed by atoms with Crippen LogP contribution in [0.2, 0.25) is 0 Å². The zero-order chi connectivity index (χ0) is 23.4. The first-order valence-corrected chi connectivity index (χ1v) is 10.3. The summed E-state index contributed by atoms with van der Waals surface area (Å²) >= 11 is 0. The molecule has 6 heteroatoms. The molecule has 0 aliphatic heterocycles. The van der Waals surface area contributed by atoms with Gasteiger partial charge in [-0.15, -0.1) is 0 Å². The first-order valence-electron chi connectivity index (χ1n) is 10.3. The molecule has 0 bridgehead atoms. The molecule has 4 aromatic rings. The van der Waals surface area contributed by atoms with Crippen molar-refractivity contribution < 1.29 is 23.5 Å². The van der Waals surface area contributed by atoms with Gasteiger partial charge in [0, 0.05) is 22.7 Å². The second-order valence-corrected chi connectivity index (χ2v) is 7.40. The summed E-state index contributed by atoms with van der Waals surface area (Å²) in [4.78, 5) is 25.6. The smallest absolute Gasteiger partial charge is 0.248 e. The molecule has 0 atom stereocenters. The van der Waals surface area contributed by atoms with Crippen molar-refractivity contribution in [3.05, 3.63) is 95.3 Å². The first kappa shape index (κ1) is 21.9. The van der Waals surface area contributed by atoms with Crippen molar-refractivity contribution in [2.45, 2.75) is 6.92 Å². The Morgan fingerprint density at radius 1 is 0.939 bits per heavy atom. The molecule has 0 saturated carbocycles. The van der Waals surface area contributed by atoms with Crippen molar-refractivity contribution in [3.8, 4) is 11.5 Å². The van der Waals surface area contributed by atoms with Crippen LogP contribution in [0.25, 0.3) is 17.0 Å². The van der Waals surface area contributed by atoms with E-state index >= 15 is 0 Å². The minimum atomic E-state index is -0.309. The van der Waals surface area contributed by atoms with Crippen LogP contribution in [0, 0.1) is 6.92 Å². The van der Waals surface area contributed by atoms with Gasteiger partial charge in [-0.05, 0) is 55.0 Å². The molecular formula is C27H23NO5. The van der Waals surface area contributed by atoms with Gasteiger partial charge in [0.2, 0.25) is 11.7 Å². The molecular weight excluding hydrogens is 418 g/mol. The second-order valence-electron chi connectivity index (χ2n) is 7.40. The fraction of sp³-hybridized carbons (Fsp3) is 0.111. The van der Waals surface area contributed by atoms with E-state index in [-0.39, 0.29) is 17.5 Å². The van der Waals surface area contributed by atoms with Gasteiger partial charge in [-0.25, -0.2) is 0 Å². The summed E-state index contributed by atoms with van der Waals surface area (Å²) in [6, 6.07) is 19.9. The third kappa shape index (κ3) is 4.65. The lowest BCUT2D eigenvalue weighted by Crippen LogP contribution is -2.07. The molecule has 166 valence electrons. The molecule has 6 nitrogen and oxygen atoms in total. The monoisotopic (exact) mass is 441 g/mol. The fourth-order valence-electron chi connectivity index (χ4n) is 3.55. The van der Waals surface area contributed by atoms with E-state index in [2.05, 4.69) is 5.32 Å². The number of aryl methyl sites for hydroxylation is 1. The Kier molecular flexibility index (Phi) is 6.26. The van der Waals surface area contributed by atoms with Crippen molar-refractivity contribution in [2.24, 2.45) is 0 Å². The van der Waals surface area contributed by atoms with Crippen LogP contribution in [0.4, 0.5) is 5.69 Å². The van der Waals surface area contributed by atoms with Crippen molar-refractivity contribution in [3.63, 3.8) is 0 Å². The van der Waals surface area contributed by atoms with E-state index in [0.29, 0.717) is 33.9 Å². The van der Waals surface area contributed by atoms with Gasteiger partial charge in [0.1, 0.15) is 17.1 Å². The number of hydrogen-bond acceptors (Lipinski definition) is 5. The lowest BCUT2D eigenvalue weighted by molar-refractivity contribution is -0.111. The maximum absolute atomic E-state index is 13.3. The highest BCUT2D eigenvalue weighted by molar-refractivity contribution is 6.12. The molecule has 0 unspecified atom stereocenters. The Morgan fingerprint density at radius 2 is 1.73 bits per heavy atom. The van der Waals surface area contributed by atoms with Crippen LogP contribution in [0.5, 0.6) is 11.5 Å². The molecule has 1 amide bonds. The van der Waals surface area contributed by atoms with Gasteiger partial charge in [0.25, 0.3) is 0 Å². The Labute approximate surface area is 191 Å². The zero-order valence-electron chi connectivity index (χ0n) is 18.5. The highest BCUT2D eigenvalue weighted by Crippen LogP contribution is 2.32. The lowest BCUT2D eigenvalue weighted by Gasteiger charge is -2.08. The number of ketones is 1. The predicted molar refractivity (Wildman–Crippen MR) is 128 cm³/mol. The highest BCUT2D eigenvalue weighted by atomic mass is 16.5. The molecule has 0 saturated heterocycles. The number of ether oxygens (including phenoxy) is 2. The maximum atomic E-state index is 13.3. The SMILES string of the molecule is COc1ccc(OC)c(C(=O)c2oc3ccc(NC(=O)C=Cc4ccccc4)cc3c2C)c1. The molecule has 1 heterocycles. The average molecular weight is 441 g/mol. The van der Waals surface area contributed by atoms with Crippen LogP contribution < -0.4 is 14.8 Å². The summed E-state index contributed by atoms with van der Waals surface area (Å²) in [5.41, 5.74) is 3.11. The normalized spacial score (nSPS) is 11.0. The largest absolute Gasteiger partial charge is 0.497 e. The van der Waals surface area contributed by atoms with E-state index in [1.165, 1.54) is 20.3 Å². The van der Waals surface area contributed by atoms with Gasteiger partial charge >= 0.3 is 0 Å². The number of rotatable bonds is 7. The van der Waals surface area contributed by atoms with E-state index in [0.717, 1.165) is 10.9 Å². The average Bonchev–Trinajstić information content (AvgIpc) is 3.18. The summed E-state index contributed by atoms with van der Waals surface area (Å²) in [6.07, 6.45) is 3.22. The van der Waals surface area contributed by atoms with Gasteiger partial charge in [-0.2, -0.15) is 0 Å². The molecule has 0 spiro atoms. The van der Waals surface area contributed by atoms with Crippen LogP contribution in [0.1, 0.15) is 27.2 Å². The van der Waals surface area contributed by atoms with E-state index < -0.39 is 0 Å². The van der Waals surface area contributed by atoms with E-state index in [4.69, 9.17) is 13.9 Å². The summed E-state index contributed by atoms with van der Waals surface area (Å²) in [6.45, 7) is 1.81. The molecule has 1 N–H and O–H groups in total. The highest BCUT2D eigenvalue weighted by Gasteiger charge is 2.23. The number of furan rings is 1. The summed E-state index contributed by atoms with van der Waals surface area (Å²) in [5.74, 6) is 0.622. The Bertz CT molecular complexity index is 1350. The minimum Gasteiger partial charge on any atom is -0.497 e. The number of methoxy groups -OCH3 is 2. The Morgan fingerprint density at radius 3 is 2.45 bits per heavy atom. The van der Waals surface area contributed by atoms with Gasteiger partial charge in [-0.3, -0.25) is 9.59 Å². The molecule has 33 heavy (non-hydrogen) atoms. The second kappa shape index (κ2) is 9.44. The fourth-order valence-corrected chi connectivity index (χ4v) is 3.55. The molecule has 0 aliphatic carbocycles. The minimum absolute atomic E-state index is 0.212. The number of hydrogen-bond donors (Lipinski definition) is 1. The van der Waals surface area contributed by atoms with Crippen LogP contribution in [-0.4, -0.2) is 25.9 Å². The molecule has 0 aliphatic rings. The van der Waals surface area contributed by atoms with Crippen molar-refractivity contribution >= 4 is 34.4 Å². The third-order valence-electron chi connectivity index (χ3n) is 5.29. The van der Waals surface area contributed by atoms with Gasteiger partial charge in [0.05, 0.1) is 19.8 Å². The predicted octanol–water partition coefficient (Wildman–Crippen LogP) is 5.64. The number of fused-ring (bicyclic) bond motifs is 1. The standard InChI is InChI=1S/C27H23NO5/c1-17-21-15-19(28-25(29)14-9-18-7-5-4-6-8-18)10-12-24(21)33-27(17)26(30)22-16-20(31-2)11-13-23(22)32-3/h4-16H,1-3H3,(H,28,29). The number of nitrogens with one attached hydrogen (secondary N) is 1. The Balaban J connectivity index is 1.60. The molecule has 4 rings (SSSR count). The van der Waals surface area contributed by atoms with Crippen molar-refractivity contribution in [1.82, 2.24) is 0 Å². The molecule has 0 radical (unpaired) electrons. The number of anilines is 1. The summed E-state index contributed by atoms with van der Waals surface area (Å²) < 4.78 is 16.5. The number of carbonyl (C=O) groups is 2. The third-order valence-corrected chi connectivity index (χ3v) is 5.29. The first-order chi connectivity index (χ1) is 16.0. The summed E-state index contributed by atoms with van der Waals surface area (Å²) in [5, 5.41) is 3.59. The lowest BCUT2D eigenvalue weighted by atomic mass is 10.0. The van der Waals surface area contributed by atoms with Crippen molar-refractivity contribution in [2.75, 3.05) is 19.5 Å². The van der Waals surface area contributed by atoms with Crippen LogP contribution in [0.3, 0.4) is 0 Å². The van der Waals surface area contributed by atoms with Crippen LogP contribution in [-0.2, 0) is 4.79 Å². The van der Waals surface area contributed by atoms with Gasteiger partial charge < -0.3 is 19.2 Å². The molecule has 1 aromatic heterocycles. The molecule has 0 fully saturated rings. The van der Waals surface area contributed by atoms with E-state index in [9.17, 15) is 9.59 Å². The van der Waals surface area contributed by atoms with E-state index in [1.807, 2.05) is 37.3 Å². The summed E-state index contributed by atoms with van der Waals surface area (Å²) in [7, 11) is 3.04.